The number of halogens is 1. The Bertz CT molecular complexity index is 362. The van der Waals surface area contributed by atoms with Gasteiger partial charge in [-0.1, -0.05) is 11.6 Å². The average Bonchev–Trinajstić information content (AvgIpc) is 2.74. The molecule has 0 aliphatic carbocycles. The van der Waals surface area contributed by atoms with Gasteiger partial charge in [0.25, 0.3) is 0 Å². The molecule has 0 unspecified atom stereocenters. The molecule has 2 aliphatic rings. The summed E-state index contributed by atoms with van der Waals surface area (Å²) in [6.07, 6.45) is 0. The first-order valence-corrected chi connectivity index (χ1v) is 6.29. The molecule has 3 heterocycles. The van der Waals surface area contributed by atoms with Gasteiger partial charge in [-0.15, -0.1) is 11.3 Å². The summed E-state index contributed by atoms with van der Waals surface area (Å²) in [6, 6.07) is 1.95. The van der Waals surface area contributed by atoms with Crippen LogP contribution in [0.1, 0.15) is 5.56 Å². The van der Waals surface area contributed by atoms with E-state index in [4.69, 9.17) is 21.1 Å². The molecular formula is C8H8ClNO2S2. The molecule has 76 valence electrons. The van der Waals surface area contributed by atoms with Crippen LogP contribution in [0.5, 0.6) is 0 Å². The van der Waals surface area contributed by atoms with Crippen molar-refractivity contribution in [2.75, 3.05) is 19.8 Å². The molecule has 6 heteroatoms. The van der Waals surface area contributed by atoms with Gasteiger partial charge >= 0.3 is 0 Å². The van der Waals surface area contributed by atoms with E-state index in [-0.39, 0.29) is 0 Å². The van der Waals surface area contributed by atoms with E-state index < -0.39 is 5.79 Å². The minimum atomic E-state index is -0.579. The van der Waals surface area contributed by atoms with Crippen LogP contribution in [0.25, 0.3) is 0 Å². The second kappa shape index (κ2) is 3.37. The van der Waals surface area contributed by atoms with E-state index in [0.29, 0.717) is 19.8 Å². The van der Waals surface area contributed by atoms with Crippen LogP contribution in [0.3, 0.4) is 0 Å². The summed E-state index contributed by atoms with van der Waals surface area (Å²) in [5, 5.41) is 0. The number of ether oxygens (including phenoxy) is 2. The van der Waals surface area contributed by atoms with E-state index in [0.717, 1.165) is 14.1 Å². The molecule has 1 N–H and O–H groups in total. The second-order valence-electron chi connectivity index (χ2n) is 3.12. The van der Waals surface area contributed by atoms with Crippen molar-refractivity contribution in [1.29, 1.82) is 0 Å². The number of fused-ring (bicyclic) bond motifs is 2. The van der Waals surface area contributed by atoms with Crippen LogP contribution in [0.15, 0.2) is 10.3 Å². The maximum absolute atomic E-state index is 5.98. The number of rotatable bonds is 0. The third-order valence-electron chi connectivity index (χ3n) is 2.30. The predicted molar refractivity (Wildman–Crippen MR) is 56.8 cm³/mol. The Morgan fingerprint density at radius 2 is 2.21 bits per heavy atom. The molecule has 0 saturated carbocycles. The van der Waals surface area contributed by atoms with Crippen LogP contribution in [0.2, 0.25) is 4.34 Å². The van der Waals surface area contributed by atoms with Gasteiger partial charge < -0.3 is 9.47 Å². The highest BCUT2D eigenvalue weighted by atomic mass is 35.5. The molecule has 14 heavy (non-hydrogen) atoms. The van der Waals surface area contributed by atoms with Crippen molar-refractivity contribution in [3.05, 3.63) is 16.0 Å². The van der Waals surface area contributed by atoms with Crippen LogP contribution in [-0.4, -0.2) is 19.8 Å². The molecule has 0 bridgehead atoms. The van der Waals surface area contributed by atoms with Gasteiger partial charge in [-0.25, -0.2) is 0 Å². The molecular weight excluding hydrogens is 242 g/mol. The van der Waals surface area contributed by atoms with Gasteiger partial charge in [-0.05, 0) is 18.0 Å². The fourth-order valence-corrected chi connectivity index (χ4v) is 4.18. The first-order valence-electron chi connectivity index (χ1n) is 4.28. The van der Waals surface area contributed by atoms with Crippen molar-refractivity contribution in [3.8, 4) is 0 Å². The van der Waals surface area contributed by atoms with Gasteiger partial charge in [0.05, 0.1) is 28.3 Å². The van der Waals surface area contributed by atoms with Crippen molar-refractivity contribution in [3.63, 3.8) is 0 Å². The lowest BCUT2D eigenvalue weighted by atomic mass is 10.1. The minimum absolute atomic E-state index is 0.579. The third kappa shape index (κ3) is 1.31. The molecule has 0 radical (unpaired) electrons. The number of hydrogen-bond donors (Lipinski definition) is 1. The smallest absolute Gasteiger partial charge is 0.210 e. The summed E-state index contributed by atoms with van der Waals surface area (Å²) in [6.45, 7) is 1.98. The summed E-state index contributed by atoms with van der Waals surface area (Å²) in [4.78, 5) is 0. The van der Waals surface area contributed by atoms with Crippen LogP contribution in [-0.2, 0) is 15.3 Å². The maximum Gasteiger partial charge on any atom is 0.210 e. The third-order valence-corrected chi connectivity index (χ3v) is 4.55. The molecule has 1 saturated heterocycles. The maximum atomic E-state index is 5.98. The van der Waals surface area contributed by atoms with Crippen LogP contribution < -0.4 is 4.72 Å². The minimum Gasteiger partial charge on any atom is -0.342 e. The SMILES string of the molecule is Clc1cc2c(s1)SNCC21OCCO1. The molecule has 3 rings (SSSR count). The van der Waals surface area contributed by atoms with Crippen molar-refractivity contribution in [2.45, 2.75) is 10.00 Å². The summed E-state index contributed by atoms with van der Waals surface area (Å²) < 4.78 is 16.5. The Kier molecular flexibility index (Phi) is 2.27. The molecule has 0 amide bonds. The van der Waals surface area contributed by atoms with Gasteiger partial charge in [0, 0.05) is 5.56 Å². The van der Waals surface area contributed by atoms with E-state index in [9.17, 15) is 0 Å². The Balaban J connectivity index is 2.09. The Hall–Kier alpha value is 0.220. The van der Waals surface area contributed by atoms with E-state index in [1.165, 1.54) is 0 Å². The molecule has 0 atom stereocenters. The van der Waals surface area contributed by atoms with Gasteiger partial charge in [0.1, 0.15) is 0 Å². The first-order chi connectivity index (χ1) is 6.80. The van der Waals surface area contributed by atoms with Crippen LogP contribution in [0, 0.1) is 0 Å². The van der Waals surface area contributed by atoms with E-state index in [1.54, 1.807) is 23.3 Å². The molecule has 1 fully saturated rings. The Morgan fingerprint density at radius 3 is 3.00 bits per heavy atom. The zero-order valence-electron chi connectivity index (χ0n) is 7.21. The van der Waals surface area contributed by atoms with Gasteiger partial charge in [-0.3, -0.25) is 4.72 Å². The lowest BCUT2D eigenvalue weighted by molar-refractivity contribution is -0.161. The molecule has 1 spiro atoms. The van der Waals surface area contributed by atoms with Crippen molar-refractivity contribution in [2.24, 2.45) is 0 Å². The summed E-state index contributed by atoms with van der Waals surface area (Å²) in [7, 11) is 0. The summed E-state index contributed by atoms with van der Waals surface area (Å²) in [5.74, 6) is -0.579. The molecule has 3 nitrogen and oxygen atoms in total. The molecule has 0 aromatic carbocycles. The van der Waals surface area contributed by atoms with Gasteiger partial charge in [0.2, 0.25) is 5.79 Å². The fourth-order valence-electron chi connectivity index (χ4n) is 1.69. The highest BCUT2D eigenvalue weighted by Crippen LogP contribution is 2.46. The van der Waals surface area contributed by atoms with E-state index in [1.807, 2.05) is 6.07 Å². The Labute approximate surface area is 94.9 Å². The zero-order valence-corrected chi connectivity index (χ0v) is 9.60. The van der Waals surface area contributed by atoms with Crippen molar-refractivity contribution in [1.82, 2.24) is 4.72 Å². The molecule has 2 aliphatic heterocycles. The monoisotopic (exact) mass is 249 g/mol. The normalized spacial score (nSPS) is 24.1. The zero-order chi connectivity index (χ0) is 9.60. The highest BCUT2D eigenvalue weighted by molar-refractivity contribution is 7.99. The predicted octanol–water partition coefficient (Wildman–Crippen LogP) is 2.21. The fraction of sp³-hybridized carbons (Fsp3) is 0.500. The lowest BCUT2D eigenvalue weighted by Gasteiger charge is -2.31. The highest BCUT2D eigenvalue weighted by Gasteiger charge is 2.43. The van der Waals surface area contributed by atoms with Gasteiger partial charge in [-0.2, -0.15) is 0 Å². The number of thiophene rings is 1. The number of nitrogens with one attached hydrogen (secondary N) is 1. The Morgan fingerprint density at radius 1 is 1.43 bits per heavy atom. The van der Waals surface area contributed by atoms with E-state index in [2.05, 4.69) is 4.72 Å². The topological polar surface area (TPSA) is 30.5 Å². The molecule has 1 aromatic heterocycles. The largest absolute Gasteiger partial charge is 0.342 e. The van der Waals surface area contributed by atoms with E-state index >= 15 is 0 Å². The standard InChI is InChI=1S/C8H8ClNO2S2/c9-6-3-5-7(13-6)14-10-4-8(5)11-1-2-12-8/h3,10H,1-2,4H2. The van der Waals surface area contributed by atoms with Crippen molar-refractivity contribution < 1.29 is 9.47 Å². The van der Waals surface area contributed by atoms with Crippen molar-refractivity contribution >= 4 is 34.9 Å². The second-order valence-corrected chi connectivity index (χ2v) is 5.97. The molecule has 1 aromatic rings. The lowest BCUT2D eigenvalue weighted by Crippen LogP contribution is -2.39. The van der Waals surface area contributed by atoms with Gasteiger partial charge in [0.15, 0.2) is 0 Å². The van der Waals surface area contributed by atoms with Crippen LogP contribution >= 0.6 is 34.9 Å². The number of hydrogen-bond acceptors (Lipinski definition) is 5. The summed E-state index contributed by atoms with van der Waals surface area (Å²) >= 11 is 9.13. The quantitative estimate of drug-likeness (QED) is 0.715. The van der Waals surface area contributed by atoms with Crippen LogP contribution in [0.4, 0.5) is 0 Å². The first kappa shape index (κ1) is 9.45. The summed E-state index contributed by atoms with van der Waals surface area (Å²) in [5.41, 5.74) is 1.08. The average molecular weight is 250 g/mol.